The molecule has 2 unspecified atom stereocenters. The topological polar surface area (TPSA) is 127 Å². The van der Waals surface area contributed by atoms with Crippen LogP contribution in [0.5, 0.6) is 5.75 Å². The molecular weight excluding hydrogens is 424 g/mol. The molecule has 9 heteroatoms. The highest BCUT2D eigenvalue weighted by atomic mass is 16.6. The number of benzene rings is 2. The van der Waals surface area contributed by atoms with Gasteiger partial charge in [0, 0.05) is 24.4 Å². The third kappa shape index (κ3) is 6.75. The third-order valence-electron chi connectivity index (χ3n) is 4.89. The van der Waals surface area contributed by atoms with Gasteiger partial charge in [-0.1, -0.05) is 18.2 Å². The number of hydrogen-bond donors (Lipinski definition) is 3. The number of nitro groups is 1. The maximum Gasteiger partial charge on any atom is 0.293 e. The number of aliphatic hydroxyl groups is 1. The van der Waals surface area contributed by atoms with Gasteiger partial charge in [-0.05, 0) is 55.8 Å². The van der Waals surface area contributed by atoms with Gasteiger partial charge in [-0.3, -0.25) is 19.9 Å². The van der Waals surface area contributed by atoms with E-state index in [4.69, 9.17) is 4.74 Å². The molecule has 2 aromatic carbocycles. The highest BCUT2D eigenvalue weighted by molar-refractivity contribution is 5.95. The number of ether oxygens (including phenoxy) is 1. The van der Waals surface area contributed by atoms with Crippen LogP contribution < -0.4 is 15.4 Å². The Kier molecular flexibility index (Phi) is 7.93. The van der Waals surface area contributed by atoms with Gasteiger partial charge in [-0.25, -0.2) is 0 Å². The average molecular weight is 450 g/mol. The predicted octanol–water partition coefficient (Wildman–Crippen LogP) is 3.64. The van der Waals surface area contributed by atoms with Gasteiger partial charge in [0.2, 0.25) is 0 Å². The third-order valence-corrected chi connectivity index (χ3v) is 4.89. The van der Waals surface area contributed by atoms with Crippen LogP contribution in [0, 0.1) is 17.0 Å². The maximum absolute atomic E-state index is 12.5. The molecule has 1 amide bonds. The minimum absolute atomic E-state index is 0.00184. The van der Waals surface area contributed by atoms with E-state index in [0.29, 0.717) is 5.75 Å². The van der Waals surface area contributed by atoms with Crippen molar-refractivity contribution in [1.29, 1.82) is 0 Å². The molecule has 9 nitrogen and oxygen atoms in total. The molecule has 0 aliphatic rings. The highest BCUT2D eigenvalue weighted by Crippen LogP contribution is 2.29. The fourth-order valence-electron chi connectivity index (χ4n) is 3.15. The second-order valence-electron chi connectivity index (χ2n) is 7.60. The van der Waals surface area contributed by atoms with Crippen LogP contribution in [0.1, 0.15) is 34.6 Å². The van der Waals surface area contributed by atoms with E-state index in [9.17, 15) is 20.0 Å². The summed E-state index contributed by atoms with van der Waals surface area (Å²) in [4.78, 5) is 27.8. The Morgan fingerprint density at radius 2 is 2.00 bits per heavy atom. The molecule has 1 aromatic heterocycles. The molecule has 3 N–H and O–H groups in total. The Morgan fingerprint density at radius 3 is 2.70 bits per heavy atom. The Morgan fingerprint density at radius 1 is 1.18 bits per heavy atom. The molecule has 172 valence electrons. The van der Waals surface area contributed by atoms with Crippen LogP contribution in [0.2, 0.25) is 0 Å². The number of pyridine rings is 1. The Hall–Kier alpha value is -3.98. The van der Waals surface area contributed by atoms with Crippen molar-refractivity contribution >= 4 is 17.3 Å². The molecule has 0 aliphatic carbocycles. The van der Waals surface area contributed by atoms with Crippen molar-refractivity contribution in [3.63, 3.8) is 0 Å². The molecule has 0 aliphatic heterocycles. The summed E-state index contributed by atoms with van der Waals surface area (Å²) in [5, 5.41) is 27.3. The summed E-state index contributed by atoms with van der Waals surface area (Å²) in [6, 6.07) is 16.8. The number of nitrogens with one attached hydrogen (secondary N) is 2. The highest BCUT2D eigenvalue weighted by Gasteiger charge is 2.20. The van der Waals surface area contributed by atoms with Crippen molar-refractivity contribution in [3.8, 4) is 5.75 Å². The van der Waals surface area contributed by atoms with Crippen LogP contribution in [0.25, 0.3) is 0 Å². The molecule has 0 fully saturated rings. The average Bonchev–Trinajstić information content (AvgIpc) is 2.82. The molecule has 0 bridgehead atoms. The van der Waals surface area contributed by atoms with E-state index in [1.165, 1.54) is 18.2 Å². The summed E-state index contributed by atoms with van der Waals surface area (Å²) in [7, 11) is 0. The second kappa shape index (κ2) is 11.1. The molecule has 0 saturated heterocycles. The molecule has 3 rings (SSSR count). The normalized spacial score (nSPS) is 12.5. The van der Waals surface area contributed by atoms with Gasteiger partial charge in [0.15, 0.2) is 0 Å². The first kappa shape index (κ1) is 23.7. The van der Waals surface area contributed by atoms with Gasteiger partial charge in [0.1, 0.15) is 24.1 Å². The fourth-order valence-corrected chi connectivity index (χ4v) is 3.15. The number of carbonyl (C=O) groups is 1. The first-order valence-corrected chi connectivity index (χ1v) is 10.4. The smallest absolute Gasteiger partial charge is 0.293 e. The zero-order chi connectivity index (χ0) is 23.8. The number of aromatic nitrogens is 1. The van der Waals surface area contributed by atoms with Gasteiger partial charge in [0.05, 0.1) is 16.7 Å². The maximum atomic E-state index is 12.5. The number of nitrogens with zero attached hydrogens (tertiary/aromatic N) is 2. The van der Waals surface area contributed by atoms with Crippen molar-refractivity contribution in [3.05, 3.63) is 93.8 Å². The van der Waals surface area contributed by atoms with E-state index in [1.807, 2.05) is 44.2 Å². The van der Waals surface area contributed by atoms with Crippen molar-refractivity contribution in [1.82, 2.24) is 10.3 Å². The van der Waals surface area contributed by atoms with Gasteiger partial charge < -0.3 is 20.5 Å². The lowest BCUT2D eigenvalue weighted by Gasteiger charge is -2.16. The largest absolute Gasteiger partial charge is 0.491 e. The molecule has 3 aromatic rings. The number of carbonyl (C=O) groups excluding carboxylic acids is 1. The van der Waals surface area contributed by atoms with Crippen LogP contribution in [0.15, 0.2) is 66.9 Å². The molecular formula is C24H26N4O5. The van der Waals surface area contributed by atoms with Crippen LogP contribution in [-0.4, -0.2) is 40.2 Å². The summed E-state index contributed by atoms with van der Waals surface area (Å²) < 4.78 is 5.52. The molecule has 1 heterocycles. The van der Waals surface area contributed by atoms with E-state index in [-0.39, 0.29) is 36.1 Å². The molecule has 0 saturated carbocycles. The summed E-state index contributed by atoms with van der Waals surface area (Å²) in [5.74, 6) is 0.0936. The Bertz CT molecular complexity index is 1110. The van der Waals surface area contributed by atoms with Crippen molar-refractivity contribution in [2.45, 2.75) is 26.0 Å². The van der Waals surface area contributed by atoms with Crippen molar-refractivity contribution in [2.24, 2.45) is 0 Å². The summed E-state index contributed by atoms with van der Waals surface area (Å²) >= 11 is 0. The minimum Gasteiger partial charge on any atom is -0.491 e. The van der Waals surface area contributed by atoms with Gasteiger partial charge in [-0.2, -0.15) is 0 Å². The number of nitro benzene ring substituents is 1. The molecule has 2 atom stereocenters. The Balaban J connectivity index is 1.59. The van der Waals surface area contributed by atoms with Crippen LogP contribution in [0.3, 0.4) is 0 Å². The standard InChI is InChI=1S/C24H26N4O5/c1-16-6-5-7-20(12-16)33-15-19(29)14-26-24(30)18-9-10-22(23(13-18)28(31)32)27-17(2)21-8-3-4-11-25-21/h3-13,17,19,27,29H,14-15H2,1-2H3,(H,26,30). The number of hydrogen-bond acceptors (Lipinski definition) is 7. The monoisotopic (exact) mass is 450 g/mol. The van der Waals surface area contributed by atoms with E-state index in [0.717, 1.165) is 11.3 Å². The van der Waals surface area contributed by atoms with E-state index < -0.39 is 16.9 Å². The van der Waals surface area contributed by atoms with Crippen LogP contribution in [-0.2, 0) is 0 Å². The first-order chi connectivity index (χ1) is 15.8. The molecule has 33 heavy (non-hydrogen) atoms. The zero-order valence-electron chi connectivity index (χ0n) is 18.4. The van der Waals surface area contributed by atoms with E-state index in [1.54, 1.807) is 18.3 Å². The lowest BCUT2D eigenvalue weighted by molar-refractivity contribution is -0.384. The summed E-state index contributed by atoms with van der Waals surface area (Å²) in [5.41, 5.74) is 1.93. The molecule has 0 radical (unpaired) electrons. The number of aliphatic hydroxyl groups excluding tert-OH is 1. The Labute approximate surface area is 191 Å². The van der Waals surface area contributed by atoms with Crippen molar-refractivity contribution in [2.75, 3.05) is 18.5 Å². The molecule has 0 spiro atoms. The first-order valence-electron chi connectivity index (χ1n) is 10.4. The summed E-state index contributed by atoms with van der Waals surface area (Å²) in [6.07, 6.45) is 0.708. The fraction of sp³-hybridized carbons (Fsp3) is 0.250. The summed E-state index contributed by atoms with van der Waals surface area (Å²) in [6.45, 7) is 3.71. The number of amides is 1. The quantitative estimate of drug-likeness (QED) is 0.318. The zero-order valence-corrected chi connectivity index (χ0v) is 18.4. The second-order valence-corrected chi connectivity index (χ2v) is 7.60. The van der Waals surface area contributed by atoms with E-state index in [2.05, 4.69) is 15.6 Å². The number of anilines is 1. The number of rotatable bonds is 10. The van der Waals surface area contributed by atoms with Crippen LogP contribution in [0.4, 0.5) is 11.4 Å². The predicted molar refractivity (Wildman–Crippen MR) is 124 cm³/mol. The lowest BCUT2D eigenvalue weighted by atomic mass is 10.1. The van der Waals surface area contributed by atoms with Gasteiger partial charge in [-0.15, -0.1) is 0 Å². The van der Waals surface area contributed by atoms with E-state index >= 15 is 0 Å². The van der Waals surface area contributed by atoms with Crippen LogP contribution >= 0.6 is 0 Å². The SMILES string of the molecule is Cc1cccc(OCC(O)CNC(=O)c2ccc(NC(C)c3ccccn3)c([N+](=O)[O-])c2)c1. The minimum atomic E-state index is -0.940. The number of aryl methyl sites for hydroxylation is 1. The lowest BCUT2D eigenvalue weighted by Crippen LogP contribution is -2.35. The van der Waals surface area contributed by atoms with Gasteiger partial charge in [0.25, 0.3) is 11.6 Å². The van der Waals surface area contributed by atoms with Gasteiger partial charge >= 0.3 is 0 Å². The van der Waals surface area contributed by atoms with Crippen molar-refractivity contribution < 1.29 is 19.6 Å².